The van der Waals surface area contributed by atoms with E-state index in [1.165, 1.54) is 35.2 Å². The maximum atomic E-state index is 13.0. The van der Waals surface area contributed by atoms with Gasteiger partial charge in [0.15, 0.2) is 0 Å². The summed E-state index contributed by atoms with van der Waals surface area (Å²) in [4.78, 5) is 37.5. The van der Waals surface area contributed by atoms with E-state index in [0.29, 0.717) is 11.4 Å². The first-order valence-electron chi connectivity index (χ1n) is 7.71. The smallest absolute Gasteiger partial charge is 0.250 e. The molecule has 7 heteroatoms. The van der Waals surface area contributed by atoms with E-state index < -0.39 is 17.6 Å². The lowest BCUT2D eigenvalue weighted by Gasteiger charge is -2.17. The highest BCUT2D eigenvalue weighted by molar-refractivity contribution is 6.06. The zero-order valence-corrected chi connectivity index (χ0v) is 13.2. The third-order valence-electron chi connectivity index (χ3n) is 4.08. The molecule has 0 radical (unpaired) electrons. The van der Waals surface area contributed by atoms with Crippen LogP contribution in [-0.4, -0.2) is 24.3 Å². The van der Waals surface area contributed by atoms with Gasteiger partial charge in [0.2, 0.25) is 11.8 Å². The number of benzene rings is 2. The summed E-state index contributed by atoms with van der Waals surface area (Å²) in [5.74, 6) is -2.20. The predicted octanol–water partition coefficient (Wildman–Crippen LogP) is 1.92. The van der Waals surface area contributed by atoms with E-state index in [0.717, 1.165) is 0 Å². The van der Waals surface area contributed by atoms with E-state index >= 15 is 0 Å². The highest BCUT2D eigenvalue weighted by Crippen LogP contribution is 2.26. The van der Waals surface area contributed by atoms with E-state index in [2.05, 4.69) is 5.32 Å². The molecule has 0 bridgehead atoms. The minimum atomic E-state index is -0.647. The van der Waals surface area contributed by atoms with Crippen LogP contribution in [-0.2, 0) is 9.59 Å². The summed E-state index contributed by atoms with van der Waals surface area (Å²) in [6.45, 7) is 0.190. The fourth-order valence-electron chi connectivity index (χ4n) is 2.80. The maximum absolute atomic E-state index is 13.0. The quantitative estimate of drug-likeness (QED) is 0.890. The topological polar surface area (TPSA) is 92.5 Å². The van der Waals surface area contributed by atoms with Gasteiger partial charge in [-0.1, -0.05) is 12.1 Å². The van der Waals surface area contributed by atoms with Crippen LogP contribution >= 0.6 is 0 Å². The SMILES string of the molecule is NC(=O)c1ccccc1NC(=O)C1CC(=O)N(c2ccc(F)cc2)C1. The van der Waals surface area contributed by atoms with Crippen molar-refractivity contribution in [1.29, 1.82) is 0 Å². The van der Waals surface area contributed by atoms with E-state index in [9.17, 15) is 18.8 Å². The first-order valence-corrected chi connectivity index (χ1v) is 7.71. The monoisotopic (exact) mass is 341 g/mol. The van der Waals surface area contributed by atoms with Crippen molar-refractivity contribution in [3.05, 3.63) is 59.9 Å². The number of hydrogen-bond acceptors (Lipinski definition) is 3. The third-order valence-corrected chi connectivity index (χ3v) is 4.08. The minimum absolute atomic E-state index is 0.0436. The van der Waals surface area contributed by atoms with Crippen LogP contribution in [0.1, 0.15) is 16.8 Å². The molecule has 1 aliphatic rings. The van der Waals surface area contributed by atoms with Gasteiger partial charge >= 0.3 is 0 Å². The van der Waals surface area contributed by atoms with Crippen LogP contribution in [0.3, 0.4) is 0 Å². The molecule has 3 amide bonds. The van der Waals surface area contributed by atoms with Crippen LogP contribution < -0.4 is 16.0 Å². The van der Waals surface area contributed by atoms with Gasteiger partial charge in [0.05, 0.1) is 17.2 Å². The molecule has 1 fully saturated rings. The van der Waals surface area contributed by atoms with Crippen molar-refractivity contribution < 1.29 is 18.8 Å². The van der Waals surface area contributed by atoms with Gasteiger partial charge in [-0.15, -0.1) is 0 Å². The number of amides is 3. The molecule has 0 aliphatic carbocycles. The highest BCUT2D eigenvalue weighted by atomic mass is 19.1. The van der Waals surface area contributed by atoms with Crippen molar-refractivity contribution in [2.24, 2.45) is 11.7 Å². The number of anilines is 2. The number of halogens is 1. The Morgan fingerprint density at radius 1 is 1.12 bits per heavy atom. The van der Waals surface area contributed by atoms with Crippen molar-refractivity contribution >= 4 is 29.1 Å². The molecule has 25 heavy (non-hydrogen) atoms. The van der Waals surface area contributed by atoms with E-state index in [-0.39, 0.29) is 30.3 Å². The Bertz CT molecular complexity index is 836. The lowest BCUT2D eigenvalue weighted by Crippen LogP contribution is -2.28. The molecule has 2 aromatic rings. The van der Waals surface area contributed by atoms with Gasteiger partial charge < -0.3 is 16.0 Å². The molecule has 1 heterocycles. The normalized spacial score (nSPS) is 16.8. The summed E-state index contributed by atoms with van der Waals surface area (Å²) in [5.41, 5.74) is 6.35. The number of rotatable bonds is 4. The number of carbonyl (C=O) groups excluding carboxylic acids is 3. The Labute approximate surface area is 143 Å². The summed E-state index contributed by atoms with van der Waals surface area (Å²) < 4.78 is 13.0. The van der Waals surface area contributed by atoms with Crippen LogP contribution in [0.5, 0.6) is 0 Å². The van der Waals surface area contributed by atoms with Crippen molar-refractivity contribution in [1.82, 2.24) is 0 Å². The Morgan fingerprint density at radius 3 is 2.48 bits per heavy atom. The molecule has 0 spiro atoms. The number of nitrogens with zero attached hydrogens (tertiary/aromatic N) is 1. The van der Waals surface area contributed by atoms with Crippen LogP contribution in [0.15, 0.2) is 48.5 Å². The number of carbonyl (C=O) groups is 3. The van der Waals surface area contributed by atoms with E-state index in [1.54, 1.807) is 18.2 Å². The van der Waals surface area contributed by atoms with Gasteiger partial charge in [-0.05, 0) is 36.4 Å². The highest BCUT2D eigenvalue weighted by Gasteiger charge is 2.35. The molecule has 1 aliphatic heterocycles. The first-order chi connectivity index (χ1) is 12.0. The van der Waals surface area contributed by atoms with Crippen LogP contribution in [0.25, 0.3) is 0 Å². The third kappa shape index (κ3) is 3.50. The lowest BCUT2D eigenvalue weighted by atomic mass is 10.1. The largest absolute Gasteiger partial charge is 0.366 e. The molecule has 6 nitrogen and oxygen atoms in total. The molecule has 3 rings (SSSR count). The number of nitrogens with one attached hydrogen (secondary N) is 1. The number of para-hydroxylation sites is 1. The average molecular weight is 341 g/mol. The van der Waals surface area contributed by atoms with Crippen molar-refractivity contribution in [2.75, 3.05) is 16.8 Å². The van der Waals surface area contributed by atoms with Crippen LogP contribution in [0, 0.1) is 11.7 Å². The number of primary amides is 1. The van der Waals surface area contributed by atoms with Gasteiger partial charge in [-0.2, -0.15) is 0 Å². The number of hydrogen-bond donors (Lipinski definition) is 2. The van der Waals surface area contributed by atoms with Crippen molar-refractivity contribution in [3.8, 4) is 0 Å². The molecule has 0 aromatic heterocycles. The fourth-order valence-corrected chi connectivity index (χ4v) is 2.80. The Hall–Kier alpha value is -3.22. The van der Waals surface area contributed by atoms with E-state index in [1.807, 2.05) is 0 Å². The minimum Gasteiger partial charge on any atom is -0.366 e. The van der Waals surface area contributed by atoms with Crippen molar-refractivity contribution in [3.63, 3.8) is 0 Å². The van der Waals surface area contributed by atoms with Gasteiger partial charge in [0, 0.05) is 18.7 Å². The van der Waals surface area contributed by atoms with Gasteiger partial charge in [0.1, 0.15) is 5.82 Å². The summed E-state index contributed by atoms with van der Waals surface area (Å²) in [6.07, 6.45) is 0.0436. The van der Waals surface area contributed by atoms with E-state index in [4.69, 9.17) is 5.73 Å². The van der Waals surface area contributed by atoms with Gasteiger partial charge in [-0.3, -0.25) is 14.4 Å². The molecule has 1 unspecified atom stereocenters. The summed E-state index contributed by atoms with van der Waals surface area (Å²) in [7, 11) is 0. The molecule has 2 aromatic carbocycles. The molecule has 1 saturated heterocycles. The maximum Gasteiger partial charge on any atom is 0.250 e. The first kappa shape index (κ1) is 16.6. The Kier molecular flexibility index (Phi) is 4.47. The van der Waals surface area contributed by atoms with Crippen molar-refractivity contribution in [2.45, 2.75) is 6.42 Å². The predicted molar refractivity (Wildman–Crippen MR) is 90.4 cm³/mol. The summed E-state index contributed by atoms with van der Waals surface area (Å²) in [6, 6.07) is 11.9. The zero-order chi connectivity index (χ0) is 18.0. The second-order valence-electron chi connectivity index (χ2n) is 5.78. The molecule has 128 valence electrons. The molecule has 0 saturated carbocycles. The zero-order valence-electron chi connectivity index (χ0n) is 13.2. The van der Waals surface area contributed by atoms with Crippen LogP contribution in [0.2, 0.25) is 0 Å². The molecule has 3 N–H and O–H groups in total. The second kappa shape index (κ2) is 6.72. The number of nitrogens with two attached hydrogens (primary N) is 1. The van der Waals surface area contributed by atoms with Gasteiger partial charge in [0.25, 0.3) is 5.91 Å². The molecular weight excluding hydrogens is 325 g/mol. The Balaban J connectivity index is 1.73. The van der Waals surface area contributed by atoms with Gasteiger partial charge in [-0.25, -0.2) is 4.39 Å². The average Bonchev–Trinajstić information content (AvgIpc) is 2.98. The summed E-state index contributed by atoms with van der Waals surface area (Å²) >= 11 is 0. The van der Waals surface area contributed by atoms with Crippen LogP contribution in [0.4, 0.5) is 15.8 Å². The molecule has 1 atom stereocenters. The second-order valence-corrected chi connectivity index (χ2v) is 5.78. The standard InChI is InChI=1S/C18H16FN3O3/c19-12-5-7-13(8-6-12)22-10-11(9-16(22)23)18(25)21-15-4-2-1-3-14(15)17(20)24/h1-8,11H,9-10H2,(H2,20,24)(H,21,25). The summed E-state index contributed by atoms with van der Waals surface area (Å²) in [5, 5.41) is 2.66. The fraction of sp³-hybridized carbons (Fsp3) is 0.167. The molecular formula is C18H16FN3O3. The lowest BCUT2D eigenvalue weighted by molar-refractivity contribution is -0.122. The Morgan fingerprint density at radius 2 is 1.80 bits per heavy atom.